The minimum Gasteiger partial charge on any atom is -0.243 e. The molecule has 0 bridgehead atoms. The number of aromatic nitrogens is 4. The first-order chi connectivity index (χ1) is 14.5. The van der Waals surface area contributed by atoms with Crippen LogP contribution in [0.2, 0.25) is 0 Å². The summed E-state index contributed by atoms with van der Waals surface area (Å²) < 4.78 is 4.41. The second-order valence-electron chi connectivity index (χ2n) is 7.97. The lowest BCUT2D eigenvalue weighted by atomic mass is 10.1. The van der Waals surface area contributed by atoms with Crippen LogP contribution in [-0.2, 0) is 14.1 Å². The molecule has 0 radical (unpaired) electrons. The Balaban J connectivity index is 1.57. The molecule has 0 unspecified atom stereocenters. The number of rotatable bonds is 2. The molecule has 4 nitrogen and oxygen atoms in total. The van der Waals surface area contributed by atoms with Crippen LogP contribution in [0.4, 0.5) is 0 Å². The molecule has 0 fully saturated rings. The van der Waals surface area contributed by atoms with Gasteiger partial charge in [0.2, 0.25) is 22.4 Å². The molecular weight excluding hydrogens is 368 g/mol. The zero-order valence-electron chi connectivity index (χ0n) is 17.7. The van der Waals surface area contributed by atoms with Gasteiger partial charge in [-0.3, -0.25) is 0 Å². The molecule has 5 aromatic rings. The SMILES string of the molecule is Cc1ccc2c(c1)ncc(-c1ccc(-c3cnc4cc(C)ccc4[n+]3C)cc1)[n+]2C. The van der Waals surface area contributed by atoms with Gasteiger partial charge in [0, 0.05) is 23.3 Å². The average molecular weight is 393 g/mol. The van der Waals surface area contributed by atoms with E-state index in [9.17, 15) is 0 Å². The van der Waals surface area contributed by atoms with Gasteiger partial charge in [0.15, 0.2) is 0 Å². The number of benzene rings is 3. The Labute approximate surface area is 176 Å². The van der Waals surface area contributed by atoms with Crippen molar-refractivity contribution in [3.8, 4) is 22.5 Å². The Kier molecular flexibility index (Phi) is 4.28. The van der Waals surface area contributed by atoms with Crippen LogP contribution in [0, 0.1) is 13.8 Å². The van der Waals surface area contributed by atoms with Crippen molar-refractivity contribution >= 4 is 22.1 Å². The molecule has 0 saturated carbocycles. The lowest BCUT2D eigenvalue weighted by molar-refractivity contribution is -0.634. The highest BCUT2D eigenvalue weighted by atomic mass is 15.0. The van der Waals surface area contributed by atoms with Gasteiger partial charge in [0.25, 0.3) is 0 Å². The highest BCUT2D eigenvalue weighted by molar-refractivity contribution is 5.75. The summed E-state index contributed by atoms with van der Waals surface area (Å²) in [4.78, 5) is 9.36. The maximum atomic E-state index is 4.68. The van der Waals surface area contributed by atoms with Crippen LogP contribution in [0.15, 0.2) is 73.1 Å². The van der Waals surface area contributed by atoms with Gasteiger partial charge >= 0.3 is 0 Å². The van der Waals surface area contributed by atoms with E-state index in [0.29, 0.717) is 0 Å². The van der Waals surface area contributed by atoms with Crippen LogP contribution in [0.5, 0.6) is 0 Å². The summed E-state index contributed by atoms with van der Waals surface area (Å²) in [5.74, 6) is 0. The third-order valence-electron chi connectivity index (χ3n) is 5.84. The molecule has 30 heavy (non-hydrogen) atoms. The number of aryl methyl sites for hydroxylation is 4. The summed E-state index contributed by atoms with van der Waals surface area (Å²) in [5.41, 5.74) is 11.2. The van der Waals surface area contributed by atoms with Crippen molar-refractivity contribution in [1.29, 1.82) is 0 Å². The van der Waals surface area contributed by atoms with E-state index in [-0.39, 0.29) is 0 Å². The first-order valence-electron chi connectivity index (χ1n) is 10.1. The van der Waals surface area contributed by atoms with Crippen LogP contribution >= 0.6 is 0 Å². The summed E-state index contributed by atoms with van der Waals surface area (Å²) in [6.45, 7) is 4.19. The van der Waals surface area contributed by atoms with Crippen molar-refractivity contribution in [2.45, 2.75) is 13.8 Å². The van der Waals surface area contributed by atoms with Gasteiger partial charge in [-0.25, -0.2) is 9.97 Å². The minimum absolute atomic E-state index is 1.02. The first kappa shape index (κ1) is 18.4. The Hall–Kier alpha value is -3.66. The van der Waals surface area contributed by atoms with Gasteiger partial charge in [-0.15, -0.1) is 0 Å². The highest BCUT2D eigenvalue weighted by Gasteiger charge is 2.18. The molecule has 0 amide bonds. The molecule has 2 aromatic heterocycles. The van der Waals surface area contributed by atoms with E-state index in [0.717, 1.165) is 44.6 Å². The fraction of sp³-hybridized carbons (Fsp3) is 0.154. The van der Waals surface area contributed by atoms with Crippen molar-refractivity contribution in [2.24, 2.45) is 14.1 Å². The average Bonchev–Trinajstić information content (AvgIpc) is 2.74. The maximum Gasteiger partial charge on any atom is 0.231 e. The van der Waals surface area contributed by atoms with Gasteiger partial charge in [0.1, 0.15) is 37.5 Å². The molecule has 3 aromatic carbocycles. The molecule has 0 aliphatic carbocycles. The highest BCUT2D eigenvalue weighted by Crippen LogP contribution is 2.23. The maximum absolute atomic E-state index is 4.68. The molecule has 0 spiro atoms. The third-order valence-corrected chi connectivity index (χ3v) is 5.84. The Morgan fingerprint density at radius 1 is 0.567 bits per heavy atom. The standard InChI is InChI=1S/C26H24N4/c1-17-5-11-23-21(13-17)27-15-25(29(23)3)19-7-9-20(10-8-19)26-16-28-22-14-18(2)6-12-24(22)30(26)4/h5-16H,1-4H3/q+2. The van der Waals surface area contributed by atoms with Crippen molar-refractivity contribution in [1.82, 2.24) is 9.97 Å². The molecule has 0 aliphatic heterocycles. The number of hydrogen-bond donors (Lipinski definition) is 0. The zero-order valence-corrected chi connectivity index (χ0v) is 17.7. The molecule has 0 atom stereocenters. The molecule has 5 rings (SSSR count). The van der Waals surface area contributed by atoms with E-state index in [1.54, 1.807) is 0 Å². The lowest BCUT2D eigenvalue weighted by Crippen LogP contribution is -2.33. The summed E-state index contributed by atoms with van der Waals surface area (Å²) in [6, 6.07) is 21.4. The van der Waals surface area contributed by atoms with Gasteiger partial charge in [-0.1, -0.05) is 12.1 Å². The van der Waals surface area contributed by atoms with E-state index in [2.05, 4.69) is 108 Å². The smallest absolute Gasteiger partial charge is 0.231 e. The normalized spacial score (nSPS) is 11.3. The van der Waals surface area contributed by atoms with Crippen LogP contribution in [-0.4, -0.2) is 9.97 Å². The van der Waals surface area contributed by atoms with E-state index in [1.807, 2.05) is 12.4 Å². The zero-order chi connectivity index (χ0) is 20.8. The second kappa shape index (κ2) is 6.99. The van der Waals surface area contributed by atoms with Gasteiger partial charge in [-0.2, -0.15) is 9.13 Å². The molecule has 2 heterocycles. The van der Waals surface area contributed by atoms with Gasteiger partial charge < -0.3 is 0 Å². The molecular formula is C26H24N4+2. The fourth-order valence-corrected chi connectivity index (χ4v) is 4.08. The van der Waals surface area contributed by atoms with Crippen molar-refractivity contribution < 1.29 is 9.13 Å². The fourth-order valence-electron chi connectivity index (χ4n) is 4.08. The van der Waals surface area contributed by atoms with E-state index in [4.69, 9.17) is 0 Å². The van der Waals surface area contributed by atoms with Crippen LogP contribution < -0.4 is 9.13 Å². The van der Waals surface area contributed by atoms with Gasteiger partial charge in [-0.05, 0) is 61.4 Å². The van der Waals surface area contributed by atoms with Gasteiger partial charge in [0.05, 0.1) is 0 Å². The number of fused-ring (bicyclic) bond motifs is 2. The van der Waals surface area contributed by atoms with E-state index < -0.39 is 0 Å². The first-order valence-corrected chi connectivity index (χ1v) is 10.1. The number of nitrogens with zero attached hydrogens (tertiary/aromatic N) is 4. The number of hydrogen-bond acceptors (Lipinski definition) is 2. The molecule has 0 N–H and O–H groups in total. The van der Waals surface area contributed by atoms with Crippen molar-refractivity contribution in [3.05, 3.63) is 84.2 Å². The minimum atomic E-state index is 1.02. The Morgan fingerprint density at radius 3 is 1.37 bits per heavy atom. The quantitative estimate of drug-likeness (QED) is 0.418. The predicted molar refractivity (Wildman–Crippen MR) is 120 cm³/mol. The van der Waals surface area contributed by atoms with Crippen molar-refractivity contribution in [3.63, 3.8) is 0 Å². The molecule has 4 heteroatoms. The largest absolute Gasteiger partial charge is 0.243 e. The molecule has 0 saturated heterocycles. The molecule has 146 valence electrons. The summed E-state index contributed by atoms with van der Waals surface area (Å²) >= 11 is 0. The summed E-state index contributed by atoms with van der Waals surface area (Å²) in [5, 5.41) is 0. The van der Waals surface area contributed by atoms with Crippen LogP contribution in [0.3, 0.4) is 0 Å². The monoisotopic (exact) mass is 392 g/mol. The van der Waals surface area contributed by atoms with Crippen molar-refractivity contribution in [2.75, 3.05) is 0 Å². The summed E-state index contributed by atoms with van der Waals surface area (Å²) in [7, 11) is 4.19. The van der Waals surface area contributed by atoms with E-state index in [1.165, 1.54) is 11.1 Å². The van der Waals surface area contributed by atoms with E-state index >= 15 is 0 Å². The topological polar surface area (TPSA) is 33.5 Å². The van der Waals surface area contributed by atoms with Crippen LogP contribution in [0.1, 0.15) is 11.1 Å². The third kappa shape index (κ3) is 3.01. The van der Waals surface area contributed by atoms with Crippen LogP contribution in [0.25, 0.3) is 44.6 Å². The predicted octanol–water partition coefficient (Wildman–Crippen LogP) is 4.38. The Bertz CT molecular complexity index is 1310. The summed E-state index contributed by atoms with van der Waals surface area (Å²) in [6.07, 6.45) is 3.91. The second-order valence-corrected chi connectivity index (χ2v) is 7.97. The molecule has 0 aliphatic rings. The Morgan fingerprint density at radius 2 is 0.967 bits per heavy atom. The lowest BCUT2D eigenvalue weighted by Gasteiger charge is -2.06.